The van der Waals surface area contributed by atoms with Crippen LogP contribution in [-0.4, -0.2) is 51.9 Å². The zero-order valence-corrected chi connectivity index (χ0v) is 12.3. The van der Waals surface area contributed by atoms with Crippen molar-refractivity contribution in [2.45, 2.75) is 15.8 Å². The monoisotopic (exact) mass is 341 g/mol. The van der Waals surface area contributed by atoms with Gasteiger partial charge in [-0.05, 0) is 18.2 Å². The van der Waals surface area contributed by atoms with Gasteiger partial charge in [-0.25, -0.2) is 21.2 Å². The van der Waals surface area contributed by atoms with Crippen LogP contribution in [0.3, 0.4) is 0 Å². The van der Waals surface area contributed by atoms with E-state index in [1.54, 1.807) is 4.72 Å². The molecule has 1 aromatic rings. The highest BCUT2D eigenvalue weighted by Crippen LogP contribution is 2.19. The number of carboxylic acid groups (broad SMARTS) is 1. The SMILES string of the molecule is CS(=O)(=O)c1ccc(F)c(S(=O)(=O)N[C@H](CO)C(=O)O)c1. The van der Waals surface area contributed by atoms with Gasteiger partial charge in [0.1, 0.15) is 16.8 Å². The van der Waals surface area contributed by atoms with Crippen LogP contribution in [0.5, 0.6) is 0 Å². The van der Waals surface area contributed by atoms with Gasteiger partial charge >= 0.3 is 5.97 Å². The van der Waals surface area contributed by atoms with Crippen LogP contribution in [0.4, 0.5) is 4.39 Å². The minimum Gasteiger partial charge on any atom is -0.480 e. The Kier molecular flexibility index (Phi) is 5.04. The van der Waals surface area contributed by atoms with E-state index in [1.807, 2.05) is 0 Å². The quantitative estimate of drug-likeness (QED) is 0.561. The number of aliphatic hydroxyl groups is 1. The van der Waals surface area contributed by atoms with Crippen molar-refractivity contribution in [1.29, 1.82) is 0 Å². The highest BCUT2D eigenvalue weighted by Gasteiger charge is 2.28. The van der Waals surface area contributed by atoms with Crippen molar-refractivity contribution in [2.75, 3.05) is 12.9 Å². The highest BCUT2D eigenvalue weighted by atomic mass is 32.2. The first-order valence-corrected chi connectivity index (χ1v) is 8.72. The molecule has 118 valence electrons. The van der Waals surface area contributed by atoms with Crippen LogP contribution in [0.1, 0.15) is 0 Å². The lowest BCUT2D eigenvalue weighted by atomic mass is 10.3. The Bertz CT molecular complexity index is 758. The van der Waals surface area contributed by atoms with Crippen molar-refractivity contribution in [2.24, 2.45) is 0 Å². The number of aliphatic hydroxyl groups excluding tert-OH is 1. The number of nitrogens with one attached hydrogen (secondary N) is 1. The first kappa shape index (κ1) is 17.5. The summed E-state index contributed by atoms with van der Waals surface area (Å²) in [5, 5.41) is 17.4. The number of benzene rings is 1. The molecular formula is C10H12FNO7S2. The standard InChI is InChI=1S/C10H12FNO7S2/c1-20(16,17)6-2-3-7(11)9(4-6)21(18,19)12-8(5-13)10(14)15/h2-4,8,12-13H,5H2,1H3,(H,14,15)/t8-/m1/s1. The molecule has 0 aliphatic rings. The smallest absolute Gasteiger partial charge is 0.324 e. The third-order valence-electron chi connectivity index (χ3n) is 2.40. The second-order valence-electron chi connectivity index (χ2n) is 4.06. The molecule has 0 saturated carbocycles. The summed E-state index contributed by atoms with van der Waals surface area (Å²) in [4.78, 5) is 9.21. The third kappa shape index (κ3) is 4.20. The maximum absolute atomic E-state index is 13.6. The van der Waals surface area contributed by atoms with Crippen molar-refractivity contribution in [1.82, 2.24) is 4.72 Å². The van der Waals surface area contributed by atoms with Gasteiger partial charge in [0.05, 0.1) is 11.5 Å². The molecule has 8 nitrogen and oxygen atoms in total. The van der Waals surface area contributed by atoms with Crippen LogP contribution < -0.4 is 4.72 Å². The maximum Gasteiger partial charge on any atom is 0.324 e. The zero-order valence-electron chi connectivity index (χ0n) is 10.6. The van der Waals surface area contributed by atoms with Gasteiger partial charge < -0.3 is 10.2 Å². The molecule has 11 heteroatoms. The van der Waals surface area contributed by atoms with E-state index in [1.165, 1.54) is 0 Å². The van der Waals surface area contributed by atoms with Crippen molar-refractivity contribution in [3.63, 3.8) is 0 Å². The van der Waals surface area contributed by atoms with E-state index in [9.17, 15) is 26.0 Å². The van der Waals surface area contributed by atoms with E-state index >= 15 is 0 Å². The van der Waals surface area contributed by atoms with Crippen LogP contribution in [-0.2, 0) is 24.7 Å². The second kappa shape index (κ2) is 6.05. The zero-order chi connectivity index (χ0) is 16.4. The van der Waals surface area contributed by atoms with Gasteiger partial charge in [-0.2, -0.15) is 4.72 Å². The van der Waals surface area contributed by atoms with Crippen molar-refractivity contribution in [3.8, 4) is 0 Å². The van der Waals surface area contributed by atoms with Gasteiger partial charge in [-0.1, -0.05) is 0 Å². The molecule has 0 unspecified atom stereocenters. The molecule has 0 aliphatic heterocycles. The largest absolute Gasteiger partial charge is 0.480 e. The summed E-state index contributed by atoms with van der Waals surface area (Å²) in [6.45, 7) is -1.05. The van der Waals surface area contributed by atoms with Crippen LogP contribution in [0.25, 0.3) is 0 Å². The topological polar surface area (TPSA) is 138 Å². The molecule has 0 spiro atoms. The molecule has 21 heavy (non-hydrogen) atoms. The van der Waals surface area contributed by atoms with Crippen LogP contribution in [0.2, 0.25) is 0 Å². The number of hydrogen-bond acceptors (Lipinski definition) is 6. The summed E-state index contributed by atoms with van der Waals surface area (Å²) >= 11 is 0. The highest BCUT2D eigenvalue weighted by molar-refractivity contribution is 7.91. The van der Waals surface area contributed by atoms with Gasteiger partial charge in [0.2, 0.25) is 10.0 Å². The van der Waals surface area contributed by atoms with E-state index in [-0.39, 0.29) is 0 Å². The lowest BCUT2D eigenvalue weighted by Gasteiger charge is -2.13. The lowest BCUT2D eigenvalue weighted by Crippen LogP contribution is -2.43. The van der Waals surface area contributed by atoms with Crippen LogP contribution >= 0.6 is 0 Å². The number of halogens is 1. The summed E-state index contributed by atoms with van der Waals surface area (Å²) in [5.41, 5.74) is 0. The van der Waals surface area contributed by atoms with Crippen LogP contribution in [0.15, 0.2) is 28.0 Å². The summed E-state index contributed by atoms with van der Waals surface area (Å²) in [7, 11) is -8.44. The molecule has 0 aromatic heterocycles. The summed E-state index contributed by atoms with van der Waals surface area (Å²) in [6, 6.07) is 0.212. The summed E-state index contributed by atoms with van der Waals surface area (Å²) < 4.78 is 61.6. The number of aliphatic carboxylic acids is 1. The molecule has 1 rings (SSSR count). The summed E-state index contributed by atoms with van der Waals surface area (Å²) in [6.07, 6.45) is 0.803. The average molecular weight is 341 g/mol. The van der Waals surface area contributed by atoms with Crippen molar-refractivity contribution < 1.29 is 36.2 Å². The van der Waals surface area contributed by atoms with Crippen molar-refractivity contribution in [3.05, 3.63) is 24.0 Å². The van der Waals surface area contributed by atoms with E-state index in [2.05, 4.69) is 0 Å². The van der Waals surface area contributed by atoms with E-state index in [0.29, 0.717) is 12.1 Å². The van der Waals surface area contributed by atoms with E-state index < -0.39 is 54.1 Å². The van der Waals surface area contributed by atoms with Crippen molar-refractivity contribution >= 4 is 25.8 Å². The molecular weight excluding hydrogens is 329 g/mol. The number of carboxylic acids is 1. The number of sulfone groups is 1. The average Bonchev–Trinajstić information content (AvgIpc) is 2.34. The fourth-order valence-corrected chi connectivity index (χ4v) is 3.34. The van der Waals surface area contributed by atoms with Crippen LogP contribution in [0, 0.1) is 5.82 Å². The fourth-order valence-electron chi connectivity index (χ4n) is 1.34. The third-order valence-corrected chi connectivity index (χ3v) is 5.00. The van der Waals surface area contributed by atoms with Gasteiger partial charge in [-0.3, -0.25) is 4.79 Å². The molecule has 0 bridgehead atoms. The minimum absolute atomic E-state index is 0.444. The molecule has 0 radical (unpaired) electrons. The van der Waals surface area contributed by atoms with E-state index in [4.69, 9.17) is 10.2 Å². The first-order valence-electron chi connectivity index (χ1n) is 5.34. The molecule has 0 heterocycles. The lowest BCUT2D eigenvalue weighted by molar-refractivity contribution is -0.139. The number of rotatable bonds is 6. The molecule has 1 atom stereocenters. The van der Waals surface area contributed by atoms with Gasteiger partial charge in [0, 0.05) is 6.26 Å². The molecule has 1 aromatic carbocycles. The van der Waals surface area contributed by atoms with E-state index in [0.717, 1.165) is 12.3 Å². The Morgan fingerprint density at radius 3 is 2.33 bits per heavy atom. The first-order chi connectivity index (χ1) is 9.49. The Balaban J connectivity index is 3.35. The Labute approximate surface area is 120 Å². The molecule has 0 amide bonds. The predicted molar refractivity (Wildman–Crippen MR) is 68.3 cm³/mol. The Morgan fingerprint density at radius 2 is 1.90 bits per heavy atom. The number of sulfonamides is 1. The fraction of sp³-hybridized carbons (Fsp3) is 0.300. The molecule has 0 fully saturated rings. The molecule has 3 N–H and O–H groups in total. The second-order valence-corrected chi connectivity index (χ2v) is 7.76. The minimum atomic E-state index is -4.66. The Hall–Kier alpha value is -1.56. The molecule has 0 saturated heterocycles. The Morgan fingerprint density at radius 1 is 1.33 bits per heavy atom. The van der Waals surface area contributed by atoms with Gasteiger partial charge in [0.25, 0.3) is 0 Å². The number of hydrogen-bond donors (Lipinski definition) is 3. The maximum atomic E-state index is 13.6. The summed E-state index contributed by atoms with van der Waals surface area (Å²) in [5.74, 6) is -2.92. The van der Waals surface area contributed by atoms with Gasteiger partial charge in [0.15, 0.2) is 9.84 Å². The van der Waals surface area contributed by atoms with Gasteiger partial charge in [-0.15, -0.1) is 0 Å². The predicted octanol–water partition coefficient (Wildman–Crippen LogP) is -1.05. The normalized spacial score (nSPS) is 13.9. The number of carbonyl (C=O) groups is 1. The molecule has 0 aliphatic carbocycles.